The number of anilines is 2. The highest BCUT2D eigenvalue weighted by atomic mass is 19.1. The third-order valence-corrected chi connectivity index (χ3v) is 3.14. The van der Waals surface area contributed by atoms with Gasteiger partial charge in [-0.15, -0.1) is 0 Å². The first-order valence-electron chi connectivity index (χ1n) is 6.73. The molecule has 4 nitrogen and oxygen atoms in total. The summed E-state index contributed by atoms with van der Waals surface area (Å²) in [6, 6.07) is 8.20. The van der Waals surface area contributed by atoms with Crippen molar-refractivity contribution in [2.75, 3.05) is 17.2 Å². The first-order valence-corrected chi connectivity index (χ1v) is 6.73. The van der Waals surface area contributed by atoms with Crippen LogP contribution in [0, 0.1) is 18.6 Å². The quantitative estimate of drug-likeness (QED) is 0.810. The average molecular weight is 306 g/mol. The maximum atomic E-state index is 13.7. The number of aryl methyl sites for hydroxylation is 1. The number of amides is 2. The molecule has 0 bridgehead atoms. The van der Waals surface area contributed by atoms with Gasteiger partial charge in [0, 0.05) is 18.4 Å². The Morgan fingerprint density at radius 1 is 1.09 bits per heavy atom. The van der Waals surface area contributed by atoms with Gasteiger partial charge in [0.05, 0.1) is 5.69 Å². The number of hydrogen-bond donors (Lipinski definition) is 3. The fraction of sp³-hybridized carbons (Fsp3) is 0.188. The van der Waals surface area contributed by atoms with E-state index in [1.807, 2.05) is 0 Å². The Morgan fingerprint density at radius 2 is 1.77 bits per heavy atom. The number of carbonyl (C=O) groups is 1. The number of nitrogens with one attached hydrogen (secondary N) is 2. The molecule has 0 unspecified atom stereocenters. The van der Waals surface area contributed by atoms with E-state index in [4.69, 9.17) is 5.11 Å². The fourth-order valence-electron chi connectivity index (χ4n) is 2.00. The molecular weight excluding hydrogens is 290 g/mol. The molecule has 0 aromatic heterocycles. The van der Waals surface area contributed by atoms with Gasteiger partial charge < -0.3 is 15.7 Å². The van der Waals surface area contributed by atoms with Crippen molar-refractivity contribution in [1.82, 2.24) is 0 Å². The van der Waals surface area contributed by atoms with Gasteiger partial charge in [-0.05, 0) is 36.6 Å². The standard InChI is InChI=1S/C16H16F2N2O2/c1-10-8-13(18)15(9-12(10)17)20-16(22)19-14-5-3-2-4-11(14)6-7-21/h2-5,8-9,21H,6-7H2,1H3,(H2,19,20,22). The summed E-state index contributed by atoms with van der Waals surface area (Å²) in [6.07, 6.45) is 0.379. The molecule has 0 saturated heterocycles. The normalized spacial score (nSPS) is 10.4. The van der Waals surface area contributed by atoms with Gasteiger partial charge in [0.1, 0.15) is 11.6 Å². The number of hydrogen-bond acceptors (Lipinski definition) is 2. The first kappa shape index (κ1) is 15.9. The molecule has 0 saturated carbocycles. The van der Waals surface area contributed by atoms with E-state index in [0.717, 1.165) is 17.7 Å². The highest BCUT2D eigenvalue weighted by Gasteiger charge is 2.11. The summed E-state index contributed by atoms with van der Waals surface area (Å²) >= 11 is 0. The molecule has 0 fully saturated rings. The van der Waals surface area contributed by atoms with Crippen LogP contribution in [0.5, 0.6) is 0 Å². The van der Waals surface area contributed by atoms with Crippen molar-refractivity contribution < 1.29 is 18.7 Å². The van der Waals surface area contributed by atoms with Crippen LogP contribution >= 0.6 is 0 Å². The van der Waals surface area contributed by atoms with E-state index >= 15 is 0 Å². The summed E-state index contributed by atoms with van der Waals surface area (Å²) in [6.45, 7) is 1.38. The van der Waals surface area contributed by atoms with Crippen molar-refractivity contribution in [3.63, 3.8) is 0 Å². The van der Waals surface area contributed by atoms with Gasteiger partial charge in [0.2, 0.25) is 0 Å². The maximum Gasteiger partial charge on any atom is 0.323 e. The predicted molar refractivity (Wildman–Crippen MR) is 81.0 cm³/mol. The number of rotatable bonds is 4. The molecule has 0 atom stereocenters. The van der Waals surface area contributed by atoms with Crippen LogP contribution in [0.25, 0.3) is 0 Å². The first-order chi connectivity index (χ1) is 10.5. The molecule has 2 aromatic carbocycles. The topological polar surface area (TPSA) is 61.4 Å². The highest BCUT2D eigenvalue weighted by molar-refractivity contribution is 6.00. The lowest BCUT2D eigenvalue weighted by Crippen LogP contribution is -2.21. The van der Waals surface area contributed by atoms with Crippen LogP contribution in [0.4, 0.5) is 25.0 Å². The second-order valence-corrected chi connectivity index (χ2v) is 4.79. The third-order valence-electron chi connectivity index (χ3n) is 3.14. The molecule has 0 heterocycles. The monoisotopic (exact) mass is 306 g/mol. The van der Waals surface area contributed by atoms with E-state index in [-0.39, 0.29) is 17.9 Å². The summed E-state index contributed by atoms with van der Waals surface area (Å²) in [4.78, 5) is 11.9. The lowest BCUT2D eigenvalue weighted by Gasteiger charge is -2.12. The van der Waals surface area contributed by atoms with Crippen LogP contribution in [0.1, 0.15) is 11.1 Å². The van der Waals surface area contributed by atoms with E-state index in [1.54, 1.807) is 24.3 Å². The molecule has 2 aromatic rings. The largest absolute Gasteiger partial charge is 0.396 e. The molecule has 0 aliphatic rings. The van der Waals surface area contributed by atoms with Crippen molar-refractivity contribution in [2.45, 2.75) is 13.3 Å². The van der Waals surface area contributed by atoms with Gasteiger partial charge in [0.15, 0.2) is 0 Å². The molecule has 3 N–H and O–H groups in total. The van der Waals surface area contributed by atoms with Crippen molar-refractivity contribution in [3.05, 3.63) is 59.2 Å². The Kier molecular flexibility index (Phi) is 5.06. The van der Waals surface area contributed by atoms with E-state index in [2.05, 4.69) is 10.6 Å². The Hall–Kier alpha value is -2.47. The Morgan fingerprint density at radius 3 is 2.50 bits per heavy atom. The van der Waals surface area contributed by atoms with Crippen LogP contribution in [-0.2, 0) is 6.42 Å². The number of para-hydroxylation sites is 1. The number of carbonyl (C=O) groups excluding carboxylic acids is 1. The van der Waals surface area contributed by atoms with Crippen molar-refractivity contribution >= 4 is 17.4 Å². The number of aliphatic hydroxyl groups is 1. The van der Waals surface area contributed by atoms with Crippen molar-refractivity contribution in [3.8, 4) is 0 Å². The van der Waals surface area contributed by atoms with E-state index in [9.17, 15) is 13.6 Å². The summed E-state index contributed by atoms with van der Waals surface area (Å²) in [5.41, 5.74) is 1.18. The van der Waals surface area contributed by atoms with Crippen LogP contribution in [0.2, 0.25) is 0 Å². The van der Waals surface area contributed by atoms with Crippen molar-refractivity contribution in [2.24, 2.45) is 0 Å². The number of urea groups is 1. The zero-order chi connectivity index (χ0) is 16.1. The zero-order valence-corrected chi connectivity index (χ0v) is 12.0. The molecule has 0 aliphatic carbocycles. The Bertz CT molecular complexity index is 690. The lowest BCUT2D eigenvalue weighted by molar-refractivity contribution is 0.262. The third kappa shape index (κ3) is 3.79. The van der Waals surface area contributed by atoms with Gasteiger partial charge in [-0.25, -0.2) is 13.6 Å². The second-order valence-electron chi connectivity index (χ2n) is 4.79. The molecular formula is C16H16F2N2O2. The fourth-order valence-corrected chi connectivity index (χ4v) is 2.00. The van der Waals surface area contributed by atoms with Crippen molar-refractivity contribution in [1.29, 1.82) is 0 Å². The van der Waals surface area contributed by atoms with Crippen LogP contribution in [0.3, 0.4) is 0 Å². The van der Waals surface area contributed by atoms with E-state index in [0.29, 0.717) is 12.1 Å². The maximum absolute atomic E-state index is 13.7. The predicted octanol–water partition coefficient (Wildman–Crippen LogP) is 3.45. The van der Waals surface area contributed by atoms with E-state index < -0.39 is 17.7 Å². The van der Waals surface area contributed by atoms with Gasteiger partial charge in [0.25, 0.3) is 0 Å². The minimum absolute atomic E-state index is 0.0574. The van der Waals surface area contributed by atoms with Gasteiger partial charge in [-0.2, -0.15) is 0 Å². The summed E-state index contributed by atoms with van der Waals surface area (Å²) in [5, 5.41) is 13.8. The molecule has 22 heavy (non-hydrogen) atoms. The zero-order valence-electron chi connectivity index (χ0n) is 12.0. The minimum Gasteiger partial charge on any atom is -0.396 e. The molecule has 6 heteroatoms. The smallest absolute Gasteiger partial charge is 0.323 e. The summed E-state index contributed by atoms with van der Waals surface area (Å²) in [7, 11) is 0. The number of aliphatic hydroxyl groups excluding tert-OH is 1. The van der Waals surface area contributed by atoms with E-state index in [1.165, 1.54) is 6.92 Å². The van der Waals surface area contributed by atoms with Crippen LogP contribution < -0.4 is 10.6 Å². The SMILES string of the molecule is Cc1cc(F)c(NC(=O)Nc2ccccc2CCO)cc1F. The van der Waals surface area contributed by atoms with Gasteiger partial charge >= 0.3 is 6.03 Å². The molecule has 2 rings (SSSR count). The Labute approximate surface area is 126 Å². The number of halogens is 2. The summed E-state index contributed by atoms with van der Waals surface area (Å²) < 4.78 is 27.1. The summed E-state index contributed by atoms with van der Waals surface area (Å²) in [5.74, 6) is -1.31. The number of benzene rings is 2. The molecule has 0 spiro atoms. The highest BCUT2D eigenvalue weighted by Crippen LogP contribution is 2.20. The molecule has 2 amide bonds. The second kappa shape index (κ2) is 7.00. The van der Waals surface area contributed by atoms with Gasteiger partial charge in [-0.1, -0.05) is 18.2 Å². The molecule has 0 radical (unpaired) electrons. The van der Waals surface area contributed by atoms with Crippen LogP contribution in [-0.4, -0.2) is 17.7 Å². The minimum atomic E-state index is -0.710. The van der Waals surface area contributed by atoms with Gasteiger partial charge in [-0.3, -0.25) is 0 Å². The van der Waals surface area contributed by atoms with Crippen LogP contribution in [0.15, 0.2) is 36.4 Å². The molecule has 0 aliphatic heterocycles. The average Bonchev–Trinajstić information content (AvgIpc) is 2.47. The Balaban J connectivity index is 2.12. The molecule has 116 valence electrons. The lowest BCUT2D eigenvalue weighted by atomic mass is 10.1.